The third kappa shape index (κ3) is 3.44. The van der Waals surface area contributed by atoms with Crippen LogP contribution in [0.3, 0.4) is 0 Å². The molecule has 26 heavy (non-hydrogen) atoms. The molecule has 0 radical (unpaired) electrons. The molecule has 3 rings (SSSR count). The fourth-order valence-corrected chi connectivity index (χ4v) is 4.44. The van der Waals surface area contributed by atoms with Crippen molar-refractivity contribution in [3.05, 3.63) is 35.2 Å². The lowest BCUT2D eigenvalue weighted by Gasteiger charge is -2.32. The van der Waals surface area contributed by atoms with Crippen molar-refractivity contribution >= 4 is 11.9 Å². The summed E-state index contributed by atoms with van der Waals surface area (Å²) in [7, 11) is 0. The van der Waals surface area contributed by atoms with Crippen molar-refractivity contribution in [2.75, 3.05) is 19.7 Å². The van der Waals surface area contributed by atoms with Crippen LogP contribution in [0, 0.1) is 12.8 Å². The number of amides is 1. The van der Waals surface area contributed by atoms with Gasteiger partial charge < -0.3 is 14.2 Å². The van der Waals surface area contributed by atoms with Crippen LogP contribution in [0.1, 0.15) is 59.9 Å². The number of hydrogen-bond donors (Lipinski definition) is 0. The second-order valence-electron chi connectivity index (χ2n) is 7.35. The Morgan fingerprint density at radius 2 is 2.04 bits per heavy atom. The first kappa shape index (κ1) is 18.7. The van der Waals surface area contributed by atoms with E-state index in [9.17, 15) is 9.59 Å². The summed E-state index contributed by atoms with van der Waals surface area (Å²) in [6.07, 6.45) is 7.95. The Morgan fingerprint density at radius 3 is 2.77 bits per heavy atom. The average Bonchev–Trinajstić information content (AvgIpc) is 2.94. The van der Waals surface area contributed by atoms with Crippen molar-refractivity contribution in [3.8, 4) is 0 Å². The first-order chi connectivity index (χ1) is 12.6. The van der Waals surface area contributed by atoms with Crippen LogP contribution in [0.5, 0.6) is 0 Å². The van der Waals surface area contributed by atoms with Gasteiger partial charge in [-0.1, -0.05) is 6.08 Å². The molecule has 2 aliphatic rings. The van der Waals surface area contributed by atoms with Crippen LogP contribution in [-0.2, 0) is 28.9 Å². The predicted octanol–water partition coefficient (Wildman–Crippen LogP) is 3.28. The molecule has 0 bridgehead atoms. The molecule has 1 amide bonds. The summed E-state index contributed by atoms with van der Waals surface area (Å²) in [5.41, 5.74) is 4.56. The molecule has 1 aromatic rings. The van der Waals surface area contributed by atoms with Gasteiger partial charge in [-0.3, -0.25) is 9.59 Å². The summed E-state index contributed by atoms with van der Waals surface area (Å²) >= 11 is 0. The summed E-state index contributed by atoms with van der Waals surface area (Å²) in [5, 5.41) is 0. The molecular weight excluding hydrogens is 328 g/mol. The van der Waals surface area contributed by atoms with E-state index in [1.54, 1.807) is 0 Å². The van der Waals surface area contributed by atoms with Crippen LogP contribution in [0.2, 0.25) is 0 Å². The smallest absolute Gasteiger partial charge is 0.310 e. The van der Waals surface area contributed by atoms with Gasteiger partial charge in [0.2, 0.25) is 0 Å². The highest BCUT2D eigenvalue weighted by molar-refractivity contribution is 5.95. The highest BCUT2D eigenvalue weighted by Gasteiger charge is 2.33. The van der Waals surface area contributed by atoms with E-state index in [0.29, 0.717) is 26.2 Å². The fraction of sp³-hybridized carbons (Fsp3) is 0.619. The molecule has 1 saturated heterocycles. The third-order valence-corrected chi connectivity index (χ3v) is 5.69. The number of fused-ring (bicyclic) bond motifs is 1. The number of piperidine rings is 1. The summed E-state index contributed by atoms with van der Waals surface area (Å²) in [6, 6.07) is 0. The number of allylic oxidation sites excluding steroid dienone is 1. The number of carbonyl (C=O) groups is 2. The minimum atomic E-state index is -0.203. The topological polar surface area (TPSA) is 51.5 Å². The second kappa shape index (κ2) is 8.11. The number of hydrogen-bond acceptors (Lipinski definition) is 3. The molecule has 1 aliphatic heterocycles. The van der Waals surface area contributed by atoms with E-state index in [4.69, 9.17) is 4.74 Å². The van der Waals surface area contributed by atoms with Crippen LogP contribution in [0.15, 0.2) is 12.7 Å². The molecule has 1 atom stereocenters. The number of rotatable bonds is 5. The van der Waals surface area contributed by atoms with E-state index >= 15 is 0 Å². The largest absolute Gasteiger partial charge is 0.466 e. The fourth-order valence-electron chi connectivity index (χ4n) is 4.44. The Hall–Kier alpha value is -2.04. The lowest BCUT2D eigenvalue weighted by atomic mass is 9.94. The van der Waals surface area contributed by atoms with Crippen molar-refractivity contribution in [2.45, 2.75) is 58.9 Å². The molecule has 1 aromatic heterocycles. The van der Waals surface area contributed by atoms with Gasteiger partial charge in [0.25, 0.3) is 5.91 Å². The van der Waals surface area contributed by atoms with Crippen molar-refractivity contribution in [3.63, 3.8) is 0 Å². The van der Waals surface area contributed by atoms with Crippen LogP contribution in [0.25, 0.3) is 0 Å². The van der Waals surface area contributed by atoms with Crippen LogP contribution in [0.4, 0.5) is 0 Å². The highest BCUT2D eigenvalue weighted by atomic mass is 16.5. The zero-order chi connectivity index (χ0) is 18.7. The quantitative estimate of drug-likeness (QED) is 0.600. The molecule has 5 heteroatoms. The number of likely N-dealkylation sites (tertiary alicyclic amines) is 1. The van der Waals surface area contributed by atoms with Gasteiger partial charge in [0, 0.05) is 25.3 Å². The van der Waals surface area contributed by atoms with Crippen LogP contribution < -0.4 is 0 Å². The number of carbonyl (C=O) groups excluding carboxylic acids is 2. The summed E-state index contributed by atoms with van der Waals surface area (Å²) < 4.78 is 7.33. The number of esters is 1. The Morgan fingerprint density at radius 1 is 1.27 bits per heavy atom. The second-order valence-corrected chi connectivity index (χ2v) is 7.35. The summed E-state index contributed by atoms with van der Waals surface area (Å²) in [5.74, 6) is -0.333. The maximum Gasteiger partial charge on any atom is 0.310 e. The summed E-state index contributed by atoms with van der Waals surface area (Å²) in [6.45, 7) is 9.98. The van der Waals surface area contributed by atoms with Crippen molar-refractivity contribution in [1.82, 2.24) is 9.47 Å². The molecular formula is C21H30N2O3. The third-order valence-electron chi connectivity index (χ3n) is 5.69. The molecule has 5 nitrogen and oxygen atoms in total. The number of aromatic nitrogens is 1. The first-order valence-electron chi connectivity index (χ1n) is 9.86. The lowest BCUT2D eigenvalue weighted by Crippen LogP contribution is -2.43. The van der Waals surface area contributed by atoms with Crippen LogP contribution >= 0.6 is 0 Å². The van der Waals surface area contributed by atoms with E-state index in [1.165, 1.54) is 24.1 Å². The number of ether oxygens (including phenoxy) is 1. The van der Waals surface area contributed by atoms with E-state index in [0.717, 1.165) is 36.9 Å². The maximum absolute atomic E-state index is 13.4. The molecule has 1 aliphatic carbocycles. The number of nitrogens with zero attached hydrogens (tertiary/aromatic N) is 2. The van der Waals surface area contributed by atoms with E-state index in [2.05, 4.69) is 18.1 Å². The van der Waals surface area contributed by atoms with Gasteiger partial charge in [-0.05, 0) is 63.5 Å². The monoisotopic (exact) mass is 358 g/mol. The lowest BCUT2D eigenvalue weighted by molar-refractivity contribution is -0.149. The zero-order valence-corrected chi connectivity index (χ0v) is 16.1. The molecule has 0 spiro atoms. The summed E-state index contributed by atoms with van der Waals surface area (Å²) in [4.78, 5) is 27.3. The Balaban J connectivity index is 1.88. The maximum atomic E-state index is 13.4. The van der Waals surface area contributed by atoms with Gasteiger partial charge in [-0.15, -0.1) is 6.58 Å². The van der Waals surface area contributed by atoms with Gasteiger partial charge in [0.05, 0.1) is 12.5 Å². The molecule has 0 aromatic carbocycles. The van der Waals surface area contributed by atoms with E-state index < -0.39 is 0 Å². The normalized spacial score (nSPS) is 19.8. The Kier molecular flexibility index (Phi) is 5.84. The van der Waals surface area contributed by atoms with Crippen molar-refractivity contribution < 1.29 is 14.3 Å². The molecule has 1 unspecified atom stereocenters. The molecule has 1 fully saturated rings. The van der Waals surface area contributed by atoms with Gasteiger partial charge >= 0.3 is 5.97 Å². The minimum Gasteiger partial charge on any atom is -0.466 e. The van der Waals surface area contributed by atoms with E-state index in [-0.39, 0.29) is 17.8 Å². The van der Waals surface area contributed by atoms with Gasteiger partial charge in [-0.25, -0.2) is 0 Å². The predicted molar refractivity (Wildman–Crippen MR) is 101 cm³/mol. The van der Waals surface area contributed by atoms with Gasteiger partial charge in [-0.2, -0.15) is 0 Å². The Bertz CT molecular complexity index is 705. The first-order valence-corrected chi connectivity index (χ1v) is 9.86. The van der Waals surface area contributed by atoms with E-state index in [1.807, 2.05) is 17.9 Å². The van der Waals surface area contributed by atoms with Gasteiger partial charge in [0.15, 0.2) is 0 Å². The van der Waals surface area contributed by atoms with Crippen molar-refractivity contribution in [1.29, 1.82) is 0 Å². The SMILES string of the molecule is C=CCn1c2c(c(C)c1C(=O)N1CCCC(C(=O)OCC)C1)CCCC2. The molecule has 0 saturated carbocycles. The molecule has 142 valence electrons. The highest BCUT2D eigenvalue weighted by Crippen LogP contribution is 2.31. The van der Waals surface area contributed by atoms with Crippen molar-refractivity contribution in [2.24, 2.45) is 5.92 Å². The zero-order valence-electron chi connectivity index (χ0n) is 16.1. The van der Waals surface area contributed by atoms with Crippen LogP contribution in [-0.4, -0.2) is 41.0 Å². The van der Waals surface area contributed by atoms with Gasteiger partial charge in [0.1, 0.15) is 5.69 Å². The minimum absolute atomic E-state index is 0.0488. The molecule has 0 N–H and O–H groups in total. The average molecular weight is 358 g/mol. The molecule has 2 heterocycles. The Labute approximate surface area is 156 Å². The standard InChI is InChI=1S/C21H30N2O3/c1-4-12-23-18-11-7-6-10-17(18)15(3)19(23)20(24)22-13-8-9-16(14-22)21(25)26-5-2/h4,16H,1,5-14H2,2-3H3.